The van der Waals surface area contributed by atoms with E-state index in [1.807, 2.05) is 26.1 Å². The number of amides is 4. The van der Waals surface area contributed by atoms with Crippen molar-refractivity contribution in [1.29, 1.82) is 0 Å². The van der Waals surface area contributed by atoms with E-state index < -0.39 is 17.8 Å². The van der Waals surface area contributed by atoms with Gasteiger partial charge in [0.15, 0.2) is 0 Å². The molecule has 0 saturated carbocycles. The number of hydrogen-bond donors (Lipinski definition) is 1. The van der Waals surface area contributed by atoms with Gasteiger partial charge in [-0.3, -0.25) is 14.9 Å². The maximum atomic E-state index is 13.2. The van der Waals surface area contributed by atoms with Crippen LogP contribution in [0.4, 0.5) is 16.2 Å². The number of imide groups is 2. The summed E-state index contributed by atoms with van der Waals surface area (Å²) in [5, 5.41) is 2.70. The fourth-order valence-electron chi connectivity index (χ4n) is 4.46. The largest absolute Gasteiger partial charge is 0.369 e. The second-order valence-corrected chi connectivity index (χ2v) is 9.61. The molecule has 0 aromatic heterocycles. The molecule has 0 bridgehead atoms. The number of rotatable bonds is 2. The molecule has 0 spiro atoms. The van der Waals surface area contributed by atoms with Crippen LogP contribution >= 0.6 is 11.6 Å². The molecule has 2 aromatic carbocycles. The summed E-state index contributed by atoms with van der Waals surface area (Å²) in [6, 6.07) is 10.0. The van der Waals surface area contributed by atoms with E-state index in [-0.39, 0.29) is 17.0 Å². The Morgan fingerprint density at radius 1 is 1.12 bits per heavy atom. The Balaban J connectivity index is 1.77. The van der Waals surface area contributed by atoms with Crippen LogP contribution in [-0.2, 0) is 9.59 Å². The molecule has 2 aromatic rings. The van der Waals surface area contributed by atoms with Crippen LogP contribution in [-0.4, -0.2) is 30.4 Å². The summed E-state index contributed by atoms with van der Waals surface area (Å²) in [4.78, 5) is 41.3. The predicted molar refractivity (Wildman–Crippen MR) is 127 cm³/mol. The van der Waals surface area contributed by atoms with Gasteiger partial charge >= 0.3 is 6.03 Å². The Hall–Kier alpha value is -3.12. The third-order valence-electron chi connectivity index (χ3n) is 6.45. The highest BCUT2D eigenvalue weighted by atomic mass is 35.5. The zero-order chi connectivity index (χ0) is 23.4. The molecular weight excluding hydrogens is 426 g/mol. The normalized spacial score (nSPS) is 21.6. The summed E-state index contributed by atoms with van der Waals surface area (Å²) >= 11 is 6.59. The van der Waals surface area contributed by atoms with Crippen molar-refractivity contribution >= 4 is 46.9 Å². The predicted octanol–water partition coefficient (Wildman–Crippen LogP) is 5.04. The van der Waals surface area contributed by atoms with E-state index in [1.165, 1.54) is 6.08 Å². The minimum absolute atomic E-state index is 0.0101. The molecule has 6 nitrogen and oxygen atoms in total. The topological polar surface area (TPSA) is 69.7 Å². The second-order valence-electron chi connectivity index (χ2n) is 9.20. The van der Waals surface area contributed by atoms with E-state index in [1.54, 1.807) is 24.3 Å². The number of aryl methyl sites for hydroxylation is 1. The van der Waals surface area contributed by atoms with Crippen molar-refractivity contribution in [1.82, 2.24) is 5.32 Å². The lowest BCUT2D eigenvalue weighted by atomic mass is 9.80. The van der Waals surface area contributed by atoms with E-state index >= 15 is 0 Å². The molecular formula is C25H26ClN3O3. The smallest absolute Gasteiger partial charge is 0.335 e. The van der Waals surface area contributed by atoms with Gasteiger partial charge in [0.05, 0.1) is 5.69 Å². The van der Waals surface area contributed by atoms with Gasteiger partial charge in [-0.15, -0.1) is 0 Å². The Kier molecular flexibility index (Phi) is 5.37. The van der Waals surface area contributed by atoms with Gasteiger partial charge in [-0.2, -0.15) is 0 Å². The lowest BCUT2D eigenvalue weighted by Gasteiger charge is -2.45. The molecule has 166 valence electrons. The van der Waals surface area contributed by atoms with Crippen LogP contribution in [0.3, 0.4) is 0 Å². The molecule has 7 heteroatoms. The summed E-state index contributed by atoms with van der Waals surface area (Å²) in [7, 11) is 2.04. The molecule has 4 rings (SSSR count). The van der Waals surface area contributed by atoms with E-state index in [0.29, 0.717) is 16.3 Å². The molecule has 0 radical (unpaired) electrons. The van der Waals surface area contributed by atoms with Gasteiger partial charge in [-0.25, -0.2) is 9.69 Å². The van der Waals surface area contributed by atoms with Crippen LogP contribution in [0.25, 0.3) is 6.08 Å². The second kappa shape index (κ2) is 7.78. The number of carbonyl (C=O) groups excluding carboxylic acids is 3. The van der Waals surface area contributed by atoms with Crippen molar-refractivity contribution in [2.75, 3.05) is 16.8 Å². The molecule has 2 heterocycles. The SMILES string of the molecule is Cc1ccc(N2C(=O)NC(=O)/C(=C/c3cc4c(cc3Cl)N(C)C(C)(C)CC4C)C2=O)cc1. The van der Waals surface area contributed by atoms with Crippen molar-refractivity contribution in [3.63, 3.8) is 0 Å². The fraction of sp³-hybridized carbons (Fsp3) is 0.320. The lowest BCUT2D eigenvalue weighted by molar-refractivity contribution is -0.122. The molecule has 1 unspecified atom stereocenters. The first kappa shape index (κ1) is 22.1. The number of nitrogens with one attached hydrogen (secondary N) is 1. The first-order chi connectivity index (χ1) is 15.0. The summed E-state index contributed by atoms with van der Waals surface area (Å²) in [6.07, 6.45) is 2.43. The average Bonchev–Trinajstić information content (AvgIpc) is 2.71. The van der Waals surface area contributed by atoms with E-state index in [2.05, 4.69) is 31.0 Å². The first-order valence-electron chi connectivity index (χ1n) is 10.5. The van der Waals surface area contributed by atoms with Crippen molar-refractivity contribution < 1.29 is 14.4 Å². The van der Waals surface area contributed by atoms with E-state index in [9.17, 15) is 14.4 Å². The number of hydrogen-bond acceptors (Lipinski definition) is 4. The number of halogens is 1. The van der Waals surface area contributed by atoms with Gasteiger partial charge in [0.25, 0.3) is 11.8 Å². The molecule has 1 atom stereocenters. The van der Waals surface area contributed by atoms with Crippen LogP contribution in [0.5, 0.6) is 0 Å². The lowest BCUT2D eigenvalue weighted by Crippen LogP contribution is -2.54. The average molecular weight is 452 g/mol. The third kappa shape index (κ3) is 3.69. The number of nitrogens with zero attached hydrogens (tertiary/aromatic N) is 2. The molecule has 0 aliphatic carbocycles. The minimum atomic E-state index is -0.769. The van der Waals surface area contributed by atoms with Crippen LogP contribution in [0, 0.1) is 6.92 Å². The molecule has 1 saturated heterocycles. The number of benzene rings is 2. The zero-order valence-electron chi connectivity index (χ0n) is 18.8. The Bertz CT molecular complexity index is 1170. The highest BCUT2D eigenvalue weighted by Gasteiger charge is 2.38. The monoisotopic (exact) mass is 451 g/mol. The van der Waals surface area contributed by atoms with Crippen molar-refractivity contribution in [3.8, 4) is 0 Å². The molecule has 2 aliphatic rings. The number of barbiturate groups is 1. The molecule has 4 amide bonds. The Labute approximate surface area is 192 Å². The van der Waals surface area contributed by atoms with Gasteiger partial charge in [0.2, 0.25) is 0 Å². The van der Waals surface area contributed by atoms with E-state index in [4.69, 9.17) is 11.6 Å². The van der Waals surface area contributed by atoms with Crippen LogP contribution in [0.2, 0.25) is 5.02 Å². The zero-order valence-corrected chi connectivity index (χ0v) is 19.6. The Morgan fingerprint density at radius 3 is 2.44 bits per heavy atom. The van der Waals surface area contributed by atoms with Crippen LogP contribution < -0.4 is 15.1 Å². The third-order valence-corrected chi connectivity index (χ3v) is 6.77. The minimum Gasteiger partial charge on any atom is -0.369 e. The highest BCUT2D eigenvalue weighted by molar-refractivity contribution is 6.40. The molecule has 1 fully saturated rings. The first-order valence-corrected chi connectivity index (χ1v) is 10.9. The van der Waals surface area contributed by atoms with Crippen LogP contribution in [0.15, 0.2) is 42.0 Å². The molecule has 32 heavy (non-hydrogen) atoms. The van der Waals surface area contributed by atoms with Crippen molar-refractivity contribution in [2.45, 2.75) is 45.6 Å². The molecule has 1 N–H and O–H groups in total. The number of urea groups is 1. The van der Waals surface area contributed by atoms with Gasteiger partial charge in [0, 0.05) is 23.3 Å². The summed E-state index contributed by atoms with van der Waals surface area (Å²) in [6.45, 7) is 8.46. The van der Waals surface area contributed by atoms with Crippen LogP contribution in [0.1, 0.15) is 49.8 Å². The number of anilines is 2. The number of carbonyl (C=O) groups is 3. The quantitative estimate of drug-likeness (QED) is 0.513. The standard InChI is InChI=1S/C25H26ClN3O3/c1-14-6-8-17(9-7-14)29-23(31)19(22(30)27-24(29)32)11-16-10-18-15(2)13-25(3,4)28(5)21(18)12-20(16)26/h6-12,15H,13H2,1-5H3,(H,27,30,32)/b19-11-. The Morgan fingerprint density at radius 2 is 1.78 bits per heavy atom. The van der Waals surface area contributed by atoms with Crippen molar-refractivity contribution in [3.05, 3.63) is 63.7 Å². The summed E-state index contributed by atoms with van der Waals surface area (Å²) in [5.41, 5.74) is 3.96. The summed E-state index contributed by atoms with van der Waals surface area (Å²) in [5.74, 6) is -1.13. The fourth-order valence-corrected chi connectivity index (χ4v) is 4.67. The van der Waals surface area contributed by atoms with E-state index in [0.717, 1.165) is 28.1 Å². The summed E-state index contributed by atoms with van der Waals surface area (Å²) < 4.78 is 0. The maximum absolute atomic E-state index is 13.2. The van der Waals surface area contributed by atoms with Gasteiger partial charge in [-0.1, -0.05) is 36.2 Å². The van der Waals surface area contributed by atoms with Gasteiger partial charge in [0.1, 0.15) is 5.57 Å². The molecule has 2 aliphatic heterocycles. The number of fused-ring (bicyclic) bond motifs is 1. The maximum Gasteiger partial charge on any atom is 0.335 e. The van der Waals surface area contributed by atoms with Crippen molar-refractivity contribution in [2.24, 2.45) is 0 Å². The highest BCUT2D eigenvalue weighted by Crippen LogP contribution is 2.44. The van der Waals surface area contributed by atoms with Gasteiger partial charge < -0.3 is 4.90 Å². The van der Waals surface area contributed by atoms with Gasteiger partial charge in [-0.05, 0) is 74.6 Å².